The van der Waals surface area contributed by atoms with Crippen LogP contribution in [0.15, 0.2) is 40.0 Å². The van der Waals surface area contributed by atoms with Crippen molar-refractivity contribution in [3.8, 4) is 11.3 Å². The van der Waals surface area contributed by atoms with E-state index in [0.717, 1.165) is 0 Å². The molecule has 0 saturated carbocycles. The number of aromatic nitrogens is 1. The maximum Gasteiger partial charge on any atom is 0.337 e. The van der Waals surface area contributed by atoms with E-state index in [1.165, 1.54) is 0 Å². The fraction of sp³-hybridized carbons (Fsp3) is 0.235. The molecule has 2 heterocycles. The molecule has 122 valence electrons. The van der Waals surface area contributed by atoms with E-state index in [2.05, 4.69) is 10.3 Å². The predicted molar refractivity (Wildman–Crippen MR) is 84.6 cm³/mol. The summed E-state index contributed by atoms with van der Waals surface area (Å²) in [6.45, 7) is 3.59. The van der Waals surface area contributed by atoms with Crippen LogP contribution in [0.1, 0.15) is 25.1 Å². The highest BCUT2D eigenvalue weighted by molar-refractivity contribution is 6.14. The van der Waals surface area contributed by atoms with Crippen LogP contribution in [-0.2, 0) is 19.7 Å². The Morgan fingerprint density at radius 2 is 2.17 bits per heavy atom. The van der Waals surface area contributed by atoms with Crippen molar-refractivity contribution in [2.75, 3.05) is 12.3 Å². The molecule has 1 aliphatic heterocycles. The van der Waals surface area contributed by atoms with Crippen LogP contribution in [0, 0.1) is 0 Å². The summed E-state index contributed by atoms with van der Waals surface area (Å²) in [4.78, 5) is 29.8. The van der Waals surface area contributed by atoms with Gasteiger partial charge >= 0.3 is 5.97 Å². The molecule has 24 heavy (non-hydrogen) atoms. The third-order valence-corrected chi connectivity index (χ3v) is 4.45. The quantitative estimate of drug-likeness (QED) is 0.810. The summed E-state index contributed by atoms with van der Waals surface area (Å²) < 4.78 is 10.7. The van der Waals surface area contributed by atoms with Crippen LogP contribution < -0.4 is 11.1 Å². The van der Waals surface area contributed by atoms with Crippen molar-refractivity contribution in [2.45, 2.75) is 19.3 Å². The van der Waals surface area contributed by atoms with Crippen LogP contribution in [0.4, 0.5) is 6.01 Å². The number of amides is 1. The first-order valence-corrected chi connectivity index (χ1v) is 7.58. The van der Waals surface area contributed by atoms with Crippen molar-refractivity contribution in [3.05, 3.63) is 46.8 Å². The Balaban J connectivity index is 2.08. The number of oxazole rings is 1. The van der Waals surface area contributed by atoms with E-state index in [-0.39, 0.29) is 24.1 Å². The molecule has 1 aromatic carbocycles. The maximum atomic E-state index is 13.0. The number of rotatable bonds is 2. The summed E-state index contributed by atoms with van der Waals surface area (Å²) in [6.07, 6.45) is 0. The predicted octanol–water partition coefficient (Wildman–Crippen LogP) is 1.49. The number of allylic oxidation sites excluding steroid dienone is 1. The second kappa shape index (κ2) is 4.70. The molecule has 0 bridgehead atoms. The maximum absolute atomic E-state index is 13.0. The first-order valence-electron chi connectivity index (χ1n) is 7.58. The van der Waals surface area contributed by atoms with Gasteiger partial charge in [0.2, 0.25) is 5.91 Å². The minimum Gasteiger partial charge on any atom is -0.463 e. The molecule has 2 aromatic rings. The molecular weight excluding hydrogens is 310 g/mol. The van der Waals surface area contributed by atoms with Gasteiger partial charge in [-0.05, 0) is 19.4 Å². The van der Waals surface area contributed by atoms with Crippen molar-refractivity contribution in [3.63, 3.8) is 0 Å². The minimum absolute atomic E-state index is 0.0468. The molecule has 7 nitrogen and oxygen atoms in total. The number of esters is 1. The smallest absolute Gasteiger partial charge is 0.337 e. The number of benzene rings is 1. The van der Waals surface area contributed by atoms with Crippen LogP contribution in [0.3, 0.4) is 0 Å². The molecule has 0 unspecified atom stereocenters. The third-order valence-electron chi connectivity index (χ3n) is 4.45. The van der Waals surface area contributed by atoms with Gasteiger partial charge in [0.15, 0.2) is 11.2 Å². The average Bonchev–Trinajstić information content (AvgIpc) is 3.12. The number of nitrogens with zero attached hydrogens (tertiary/aromatic N) is 1. The number of nitrogen functional groups attached to an aromatic ring is 1. The van der Waals surface area contributed by atoms with Gasteiger partial charge in [-0.15, -0.1) is 0 Å². The van der Waals surface area contributed by atoms with E-state index < -0.39 is 11.4 Å². The third kappa shape index (κ3) is 1.53. The van der Waals surface area contributed by atoms with Gasteiger partial charge in [0.25, 0.3) is 6.01 Å². The van der Waals surface area contributed by atoms with E-state index in [4.69, 9.17) is 14.9 Å². The lowest BCUT2D eigenvalue weighted by Crippen LogP contribution is -2.40. The topological polar surface area (TPSA) is 107 Å². The molecular formula is C17H15N3O4. The Labute approximate surface area is 137 Å². The van der Waals surface area contributed by atoms with Gasteiger partial charge in [0.1, 0.15) is 5.69 Å². The number of fused-ring (bicyclic) bond motifs is 5. The highest BCUT2D eigenvalue weighted by Crippen LogP contribution is 2.55. The first kappa shape index (κ1) is 14.5. The standard InChI is InChI=1S/C17H15N3O4/c1-3-23-14(21)11-8(2)19-15(22)17(11)10-7-5-4-6-9(10)12-13(17)20-16(18)24-12/h4-7H,3H2,1-2H3,(H2,18,20)(H,19,22)/t17-/m1/s1. The summed E-state index contributed by atoms with van der Waals surface area (Å²) in [6, 6.07) is 7.19. The lowest BCUT2D eigenvalue weighted by atomic mass is 9.75. The molecule has 0 radical (unpaired) electrons. The van der Waals surface area contributed by atoms with E-state index in [1.54, 1.807) is 26.0 Å². The fourth-order valence-electron chi connectivity index (χ4n) is 3.62. The number of hydrogen-bond acceptors (Lipinski definition) is 6. The fourth-order valence-corrected chi connectivity index (χ4v) is 3.62. The van der Waals surface area contributed by atoms with Crippen LogP contribution in [-0.4, -0.2) is 23.5 Å². The molecule has 1 aliphatic carbocycles. The molecule has 0 saturated heterocycles. The lowest BCUT2D eigenvalue weighted by Gasteiger charge is -2.24. The van der Waals surface area contributed by atoms with Gasteiger partial charge in [-0.3, -0.25) is 4.79 Å². The number of nitrogens with two attached hydrogens (primary N) is 1. The molecule has 0 fully saturated rings. The zero-order chi connectivity index (χ0) is 17.1. The first-order chi connectivity index (χ1) is 11.5. The van der Waals surface area contributed by atoms with Gasteiger partial charge in [-0.25, -0.2) is 4.79 Å². The second-order valence-corrected chi connectivity index (χ2v) is 5.70. The monoisotopic (exact) mass is 325 g/mol. The van der Waals surface area contributed by atoms with Crippen molar-refractivity contribution < 1.29 is 18.7 Å². The van der Waals surface area contributed by atoms with Crippen LogP contribution >= 0.6 is 0 Å². The van der Waals surface area contributed by atoms with E-state index in [1.807, 2.05) is 12.1 Å². The van der Waals surface area contributed by atoms with Crippen molar-refractivity contribution in [1.29, 1.82) is 0 Å². The Morgan fingerprint density at radius 1 is 1.42 bits per heavy atom. The van der Waals surface area contributed by atoms with E-state index in [9.17, 15) is 9.59 Å². The summed E-state index contributed by atoms with van der Waals surface area (Å²) >= 11 is 0. The normalized spacial score (nSPS) is 21.0. The number of nitrogens with one attached hydrogen (secondary N) is 1. The Bertz CT molecular complexity index is 928. The van der Waals surface area contributed by atoms with Gasteiger partial charge < -0.3 is 20.2 Å². The average molecular weight is 325 g/mol. The molecule has 4 rings (SSSR count). The molecule has 1 spiro atoms. The minimum atomic E-state index is -1.39. The summed E-state index contributed by atoms with van der Waals surface area (Å²) in [7, 11) is 0. The van der Waals surface area contributed by atoms with Crippen molar-refractivity contribution in [2.24, 2.45) is 0 Å². The Kier molecular flexibility index (Phi) is 2.84. The number of hydrogen-bond donors (Lipinski definition) is 2. The molecule has 1 aromatic heterocycles. The molecule has 1 amide bonds. The summed E-state index contributed by atoms with van der Waals surface area (Å²) in [5.74, 6) is -0.505. The molecule has 2 aliphatic rings. The molecule has 3 N–H and O–H groups in total. The van der Waals surface area contributed by atoms with E-state index in [0.29, 0.717) is 28.3 Å². The highest BCUT2D eigenvalue weighted by Gasteiger charge is 2.61. The Morgan fingerprint density at radius 3 is 2.92 bits per heavy atom. The van der Waals surface area contributed by atoms with Crippen molar-refractivity contribution in [1.82, 2.24) is 10.3 Å². The largest absolute Gasteiger partial charge is 0.463 e. The number of ether oxygens (including phenoxy) is 1. The van der Waals surface area contributed by atoms with Crippen molar-refractivity contribution >= 4 is 17.9 Å². The van der Waals surface area contributed by atoms with Gasteiger partial charge in [0.05, 0.1) is 12.2 Å². The SMILES string of the molecule is CCOC(=O)C1=C(C)NC(=O)[C@]12c1ccccc1-c1oc(N)nc12. The second-order valence-electron chi connectivity index (χ2n) is 5.70. The summed E-state index contributed by atoms with van der Waals surface area (Å²) in [5, 5.41) is 2.75. The lowest BCUT2D eigenvalue weighted by molar-refractivity contribution is -0.140. The van der Waals surface area contributed by atoms with E-state index >= 15 is 0 Å². The molecule has 7 heteroatoms. The van der Waals surface area contributed by atoms with Gasteiger partial charge in [-0.2, -0.15) is 4.98 Å². The number of anilines is 1. The van der Waals surface area contributed by atoms with Crippen LogP contribution in [0.2, 0.25) is 0 Å². The zero-order valence-electron chi connectivity index (χ0n) is 13.2. The summed E-state index contributed by atoms with van der Waals surface area (Å²) in [5.41, 5.74) is 6.68. The molecule has 1 atom stereocenters. The highest BCUT2D eigenvalue weighted by atomic mass is 16.5. The van der Waals surface area contributed by atoms with Crippen LogP contribution in [0.5, 0.6) is 0 Å². The van der Waals surface area contributed by atoms with Crippen LogP contribution in [0.25, 0.3) is 11.3 Å². The number of carbonyl (C=O) groups excluding carboxylic acids is 2. The number of carbonyl (C=O) groups is 2. The van der Waals surface area contributed by atoms with Gasteiger partial charge in [0, 0.05) is 11.3 Å². The zero-order valence-corrected chi connectivity index (χ0v) is 13.2. The Hall–Kier alpha value is -3.09. The van der Waals surface area contributed by atoms with Gasteiger partial charge in [-0.1, -0.05) is 24.3 Å².